The fourth-order valence-corrected chi connectivity index (χ4v) is 2.02. The lowest BCUT2D eigenvalue weighted by Gasteiger charge is -2.25. The monoisotopic (exact) mass is 350 g/mol. The summed E-state index contributed by atoms with van der Waals surface area (Å²) in [5, 5.41) is 11.0. The zero-order valence-electron chi connectivity index (χ0n) is 15.3. The Labute approximate surface area is 147 Å². The Balaban J connectivity index is 2.92. The third kappa shape index (κ3) is 6.80. The van der Waals surface area contributed by atoms with E-state index in [2.05, 4.69) is 5.32 Å². The molecule has 0 radical (unpaired) electrons. The number of ether oxygens (including phenoxy) is 1. The number of alkyl carbamates (subject to hydrolysis) is 1. The van der Waals surface area contributed by atoms with E-state index in [-0.39, 0.29) is 12.3 Å². The average Bonchev–Trinajstić information content (AvgIpc) is 2.51. The van der Waals surface area contributed by atoms with E-state index in [1.807, 2.05) is 0 Å². The number of carbonyl (C=O) groups excluding carboxylic acids is 2. The Kier molecular flexibility index (Phi) is 6.93. The van der Waals surface area contributed by atoms with Gasteiger partial charge in [0.1, 0.15) is 17.5 Å². The number of nitrogen functional groups attached to an aromatic ring is 1. The highest BCUT2D eigenvalue weighted by molar-refractivity contribution is 5.94. The van der Waals surface area contributed by atoms with Crippen LogP contribution in [0.25, 0.3) is 0 Å². The van der Waals surface area contributed by atoms with Crippen molar-refractivity contribution in [3.63, 3.8) is 0 Å². The van der Waals surface area contributed by atoms with Gasteiger partial charge in [-0.2, -0.15) is 0 Å². The molecule has 2 amide bonds. The van der Waals surface area contributed by atoms with Crippen LogP contribution in [0.2, 0.25) is 0 Å². The fourth-order valence-electron chi connectivity index (χ4n) is 2.02. The van der Waals surface area contributed by atoms with Crippen molar-refractivity contribution in [2.75, 3.05) is 14.2 Å². The summed E-state index contributed by atoms with van der Waals surface area (Å²) in [7, 11) is 2.83. The first-order chi connectivity index (χ1) is 11.5. The molecule has 0 aliphatic carbocycles. The first kappa shape index (κ1) is 20.4. The summed E-state index contributed by atoms with van der Waals surface area (Å²) in [6.45, 7) is 5.22. The van der Waals surface area contributed by atoms with Gasteiger partial charge < -0.3 is 15.8 Å². The predicted molar refractivity (Wildman–Crippen MR) is 94.1 cm³/mol. The number of nitrogens with one attached hydrogen (secondary N) is 2. The normalized spacial score (nSPS) is 12.2. The number of amides is 2. The molecular weight excluding hydrogens is 324 g/mol. The Morgan fingerprint density at radius 2 is 1.84 bits per heavy atom. The lowest BCUT2D eigenvalue weighted by atomic mass is 10.0. The second-order valence-electron chi connectivity index (χ2n) is 6.53. The molecule has 25 heavy (non-hydrogen) atoms. The summed E-state index contributed by atoms with van der Waals surface area (Å²) in [6.07, 6.45) is -0.444. The number of nitrogens with zero attached hydrogens (tertiary/aromatic N) is 1. The lowest BCUT2D eigenvalue weighted by Crippen LogP contribution is -2.49. The number of carbonyl (C=O) groups is 2. The fraction of sp³-hybridized carbons (Fsp3) is 0.471. The SMILES string of the molecule is CON(C)C(=O)[C@H](Cc1ccc(C(=N)N)cc1)NC(=O)OC(C)(C)C. The lowest BCUT2D eigenvalue weighted by molar-refractivity contribution is -0.171. The van der Waals surface area contributed by atoms with E-state index in [9.17, 15) is 9.59 Å². The van der Waals surface area contributed by atoms with E-state index in [1.165, 1.54) is 14.2 Å². The van der Waals surface area contributed by atoms with Crippen LogP contribution < -0.4 is 11.1 Å². The number of hydrogen-bond acceptors (Lipinski definition) is 5. The van der Waals surface area contributed by atoms with Gasteiger partial charge in [-0.25, -0.2) is 9.86 Å². The van der Waals surface area contributed by atoms with Crippen molar-refractivity contribution in [2.45, 2.75) is 38.8 Å². The van der Waals surface area contributed by atoms with Crippen LogP contribution in [0.5, 0.6) is 0 Å². The largest absolute Gasteiger partial charge is 0.444 e. The molecule has 0 bridgehead atoms. The molecule has 0 heterocycles. The van der Waals surface area contributed by atoms with E-state index >= 15 is 0 Å². The molecule has 1 atom stereocenters. The van der Waals surface area contributed by atoms with Gasteiger partial charge in [-0.15, -0.1) is 0 Å². The molecule has 0 unspecified atom stereocenters. The Bertz CT molecular complexity index is 623. The summed E-state index contributed by atoms with van der Waals surface area (Å²) < 4.78 is 5.21. The molecule has 138 valence electrons. The summed E-state index contributed by atoms with van der Waals surface area (Å²) in [6, 6.07) is 6.02. The van der Waals surface area contributed by atoms with Gasteiger partial charge in [-0.05, 0) is 26.3 Å². The predicted octanol–water partition coefficient (Wildman–Crippen LogP) is 1.43. The second kappa shape index (κ2) is 8.48. The molecule has 8 heteroatoms. The molecule has 0 saturated heterocycles. The highest BCUT2D eigenvalue weighted by Crippen LogP contribution is 2.11. The van der Waals surface area contributed by atoms with Crippen LogP contribution in [0.3, 0.4) is 0 Å². The van der Waals surface area contributed by atoms with Gasteiger partial charge in [0.05, 0.1) is 7.11 Å². The molecule has 0 aromatic heterocycles. The number of hydrogen-bond donors (Lipinski definition) is 3. The Hall–Kier alpha value is -2.61. The van der Waals surface area contributed by atoms with Gasteiger partial charge in [-0.1, -0.05) is 24.3 Å². The first-order valence-corrected chi connectivity index (χ1v) is 7.78. The zero-order chi connectivity index (χ0) is 19.2. The van der Waals surface area contributed by atoms with Crippen molar-refractivity contribution >= 4 is 17.8 Å². The second-order valence-corrected chi connectivity index (χ2v) is 6.53. The standard InChI is InChI=1S/C17H26N4O4/c1-17(2,3)25-16(23)20-13(15(22)21(4)24-5)10-11-6-8-12(9-7-11)14(18)19/h6-9,13H,10H2,1-5H3,(H3,18,19)(H,20,23)/t13-/m0/s1. The molecule has 0 aliphatic rings. The molecular formula is C17H26N4O4. The summed E-state index contributed by atoms with van der Waals surface area (Å²) in [5.41, 5.74) is 6.13. The van der Waals surface area contributed by atoms with Crippen LogP contribution in [-0.2, 0) is 20.8 Å². The summed E-state index contributed by atoms with van der Waals surface area (Å²) in [4.78, 5) is 29.4. The molecule has 1 aromatic rings. The van der Waals surface area contributed by atoms with Crippen LogP contribution >= 0.6 is 0 Å². The minimum atomic E-state index is -0.858. The Morgan fingerprint density at radius 3 is 2.28 bits per heavy atom. The Morgan fingerprint density at radius 1 is 1.28 bits per heavy atom. The average molecular weight is 350 g/mol. The van der Waals surface area contributed by atoms with E-state index < -0.39 is 23.6 Å². The number of likely N-dealkylation sites (N-methyl/N-ethyl adjacent to an activating group) is 1. The van der Waals surface area contributed by atoms with E-state index in [0.29, 0.717) is 5.56 Å². The van der Waals surface area contributed by atoms with Crippen molar-refractivity contribution in [1.29, 1.82) is 5.41 Å². The molecule has 1 aromatic carbocycles. The van der Waals surface area contributed by atoms with Gasteiger partial charge in [0.15, 0.2) is 0 Å². The minimum absolute atomic E-state index is 0.0369. The summed E-state index contributed by atoms with van der Waals surface area (Å²) in [5.74, 6) is -0.450. The highest BCUT2D eigenvalue weighted by Gasteiger charge is 2.27. The van der Waals surface area contributed by atoms with Crippen molar-refractivity contribution < 1.29 is 19.2 Å². The van der Waals surface area contributed by atoms with Crippen molar-refractivity contribution in [2.24, 2.45) is 5.73 Å². The smallest absolute Gasteiger partial charge is 0.408 e. The number of rotatable bonds is 6. The topological polar surface area (TPSA) is 118 Å². The number of hydroxylamine groups is 2. The first-order valence-electron chi connectivity index (χ1n) is 7.78. The maximum atomic E-state index is 12.4. The molecule has 0 spiro atoms. The van der Waals surface area contributed by atoms with Crippen molar-refractivity contribution in [1.82, 2.24) is 10.4 Å². The van der Waals surface area contributed by atoms with Gasteiger partial charge in [0.25, 0.3) is 5.91 Å². The maximum absolute atomic E-state index is 12.4. The van der Waals surface area contributed by atoms with Crippen molar-refractivity contribution in [3.8, 4) is 0 Å². The number of benzene rings is 1. The van der Waals surface area contributed by atoms with E-state index in [4.69, 9.17) is 20.7 Å². The third-order valence-corrected chi connectivity index (χ3v) is 3.28. The van der Waals surface area contributed by atoms with Crippen LogP contribution in [0, 0.1) is 5.41 Å². The molecule has 4 N–H and O–H groups in total. The van der Waals surface area contributed by atoms with Gasteiger partial charge in [-0.3, -0.25) is 15.0 Å². The van der Waals surface area contributed by atoms with Gasteiger partial charge in [0.2, 0.25) is 0 Å². The van der Waals surface area contributed by atoms with Crippen molar-refractivity contribution in [3.05, 3.63) is 35.4 Å². The molecule has 0 fully saturated rings. The third-order valence-electron chi connectivity index (χ3n) is 3.28. The highest BCUT2D eigenvalue weighted by atomic mass is 16.7. The quantitative estimate of drug-likeness (QED) is 0.407. The molecule has 1 rings (SSSR count). The van der Waals surface area contributed by atoms with Crippen LogP contribution in [0.15, 0.2) is 24.3 Å². The van der Waals surface area contributed by atoms with E-state index in [0.717, 1.165) is 10.6 Å². The van der Waals surface area contributed by atoms with Crippen LogP contribution in [-0.4, -0.2) is 48.7 Å². The minimum Gasteiger partial charge on any atom is -0.444 e. The van der Waals surface area contributed by atoms with Crippen LogP contribution in [0.1, 0.15) is 31.9 Å². The maximum Gasteiger partial charge on any atom is 0.408 e. The zero-order valence-corrected chi connectivity index (χ0v) is 15.3. The summed E-state index contributed by atoms with van der Waals surface area (Å²) >= 11 is 0. The van der Waals surface area contributed by atoms with E-state index in [1.54, 1.807) is 45.0 Å². The van der Waals surface area contributed by atoms with Crippen LogP contribution in [0.4, 0.5) is 4.79 Å². The molecule has 8 nitrogen and oxygen atoms in total. The molecule has 0 aliphatic heterocycles. The molecule has 0 saturated carbocycles. The van der Waals surface area contributed by atoms with Gasteiger partial charge in [0, 0.05) is 19.0 Å². The number of amidine groups is 1. The number of nitrogens with two attached hydrogens (primary N) is 1. The van der Waals surface area contributed by atoms with Gasteiger partial charge >= 0.3 is 6.09 Å².